The van der Waals surface area contributed by atoms with E-state index in [1.807, 2.05) is 11.9 Å². The summed E-state index contributed by atoms with van der Waals surface area (Å²) in [5.41, 5.74) is 1.70. The van der Waals surface area contributed by atoms with Crippen molar-refractivity contribution in [3.05, 3.63) is 24.0 Å². The van der Waals surface area contributed by atoms with Crippen molar-refractivity contribution in [2.24, 2.45) is 4.99 Å². The fraction of sp³-hybridized carbons (Fsp3) is 0.222. The number of benzene rings is 1. The second-order valence-corrected chi connectivity index (χ2v) is 2.83. The van der Waals surface area contributed by atoms with Crippen LogP contribution in [0.25, 0.3) is 0 Å². The summed E-state index contributed by atoms with van der Waals surface area (Å²) in [6.07, 6.45) is 1.78. The smallest absolute Gasteiger partial charge is 0.125 e. The molecule has 1 aliphatic heterocycles. The van der Waals surface area contributed by atoms with Gasteiger partial charge in [-0.15, -0.1) is 0 Å². The molecule has 0 amide bonds. The number of rotatable bonds is 0. The molecule has 0 radical (unpaired) electrons. The fourth-order valence-electron chi connectivity index (χ4n) is 1.28. The van der Waals surface area contributed by atoms with Gasteiger partial charge in [-0.25, -0.2) is 4.39 Å². The molecular weight excluding hydrogens is 155 g/mol. The highest BCUT2D eigenvalue weighted by molar-refractivity contribution is 5.81. The van der Waals surface area contributed by atoms with Crippen LogP contribution >= 0.6 is 0 Å². The minimum absolute atomic E-state index is 0.235. The molecule has 0 spiro atoms. The minimum Gasteiger partial charge on any atom is -0.368 e. The van der Waals surface area contributed by atoms with E-state index in [1.165, 1.54) is 12.1 Å². The van der Waals surface area contributed by atoms with Crippen LogP contribution in [0.4, 0.5) is 15.8 Å². The average Bonchev–Trinajstić information content (AvgIpc) is 2.04. The fourth-order valence-corrected chi connectivity index (χ4v) is 1.28. The Bertz CT molecular complexity index is 333. The Kier molecular flexibility index (Phi) is 1.57. The maximum absolute atomic E-state index is 12.7. The SMILES string of the molecule is CN1CC=Nc2cc(F)ccc21. The predicted octanol–water partition coefficient (Wildman–Crippen LogP) is 1.98. The van der Waals surface area contributed by atoms with Gasteiger partial charge in [0.15, 0.2) is 0 Å². The molecule has 1 aliphatic rings. The van der Waals surface area contributed by atoms with E-state index in [0.717, 1.165) is 12.2 Å². The van der Waals surface area contributed by atoms with Crippen LogP contribution in [-0.2, 0) is 0 Å². The Balaban J connectivity index is 2.55. The second-order valence-electron chi connectivity index (χ2n) is 2.83. The first-order valence-electron chi connectivity index (χ1n) is 3.80. The monoisotopic (exact) mass is 164 g/mol. The van der Waals surface area contributed by atoms with E-state index < -0.39 is 0 Å². The molecule has 0 bridgehead atoms. The van der Waals surface area contributed by atoms with E-state index in [1.54, 1.807) is 12.3 Å². The molecule has 62 valence electrons. The lowest BCUT2D eigenvalue weighted by molar-refractivity contribution is 0.628. The van der Waals surface area contributed by atoms with Gasteiger partial charge in [0.2, 0.25) is 0 Å². The zero-order valence-corrected chi connectivity index (χ0v) is 6.79. The van der Waals surface area contributed by atoms with Gasteiger partial charge < -0.3 is 4.90 Å². The molecule has 0 fully saturated rings. The van der Waals surface area contributed by atoms with Crippen LogP contribution < -0.4 is 4.90 Å². The first kappa shape index (κ1) is 7.28. The number of aliphatic imine (C=N–C) groups is 1. The van der Waals surface area contributed by atoms with Gasteiger partial charge in [0.25, 0.3) is 0 Å². The predicted molar refractivity (Wildman–Crippen MR) is 47.8 cm³/mol. The summed E-state index contributed by atoms with van der Waals surface area (Å²) in [6, 6.07) is 4.65. The van der Waals surface area contributed by atoms with Gasteiger partial charge in [0.1, 0.15) is 5.82 Å². The maximum atomic E-state index is 12.7. The third kappa shape index (κ3) is 1.07. The van der Waals surface area contributed by atoms with Crippen molar-refractivity contribution in [1.29, 1.82) is 0 Å². The Labute approximate surface area is 70.3 Å². The molecule has 12 heavy (non-hydrogen) atoms. The van der Waals surface area contributed by atoms with Crippen molar-refractivity contribution < 1.29 is 4.39 Å². The number of hydrogen-bond acceptors (Lipinski definition) is 2. The van der Waals surface area contributed by atoms with Gasteiger partial charge in [0.05, 0.1) is 17.9 Å². The lowest BCUT2D eigenvalue weighted by Crippen LogP contribution is -2.21. The molecule has 1 aromatic carbocycles. The van der Waals surface area contributed by atoms with Crippen molar-refractivity contribution in [2.75, 3.05) is 18.5 Å². The van der Waals surface area contributed by atoms with Gasteiger partial charge in [0, 0.05) is 19.3 Å². The van der Waals surface area contributed by atoms with Gasteiger partial charge in [-0.1, -0.05) is 0 Å². The zero-order chi connectivity index (χ0) is 8.55. The molecule has 2 nitrogen and oxygen atoms in total. The molecule has 0 aliphatic carbocycles. The summed E-state index contributed by atoms with van der Waals surface area (Å²) < 4.78 is 12.7. The second kappa shape index (κ2) is 2.59. The van der Waals surface area contributed by atoms with E-state index in [-0.39, 0.29) is 5.82 Å². The van der Waals surface area contributed by atoms with Crippen molar-refractivity contribution in [1.82, 2.24) is 0 Å². The number of nitrogens with zero attached hydrogens (tertiary/aromatic N) is 2. The van der Waals surface area contributed by atoms with E-state index >= 15 is 0 Å². The lowest BCUT2D eigenvalue weighted by Gasteiger charge is -2.22. The van der Waals surface area contributed by atoms with Gasteiger partial charge >= 0.3 is 0 Å². The van der Waals surface area contributed by atoms with Gasteiger partial charge in [-0.05, 0) is 12.1 Å². The molecular formula is C9H9FN2. The first-order valence-corrected chi connectivity index (χ1v) is 3.80. The quantitative estimate of drug-likeness (QED) is 0.572. The summed E-state index contributed by atoms with van der Waals surface area (Å²) in [5, 5.41) is 0. The Morgan fingerprint density at radius 2 is 2.33 bits per heavy atom. The molecule has 1 aromatic rings. The normalized spacial score (nSPS) is 14.7. The molecule has 2 rings (SSSR count). The van der Waals surface area contributed by atoms with E-state index in [0.29, 0.717) is 5.69 Å². The Hall–Kier alpha value is -1.38. The van der Waals surface area contributed by atoms with Crippen molar-refractivity contribution in [3.8, 4) is 0 Å². The molecule has 0 aromatic heterocycles. The van der Waals surface area contributed by atoms with Crippen LogP contribution in [0.5, 0.6) is 0 Å². The van der Waals surface area contributed by atoms with E-state index in [2.05, 4.69) is 4.99 Å². The van der Waals surface area contributed by atoms with Crippen LogP contribution in [-0.4, -0.2) is 19.8 Å². The standard InChI is InChI=1S/C9H9FN2/c1-12-5-4-11-8-6-7(10)2-3-9(8)12/h2-4,6H,5H2,1H3. The lowest BCUT2D eigenvalue weighted by atomic mass is 10.2. The van der Waals surface area contributed by atoms with Gasteiger partial charge in [-0.2, -0.15) is 0 Å². The Morgan fingerprint density at radius 3 is 3.17 bits per heavy atom. The molecule has 1 heterocycles. The highest BCUT2D eigenvalue weighted by atomic mass is 19.1. The summed E-state index contributed by atoms with van der Waals surface area (Å²) in [6.45, 7) is 0.790. The zero-order valence-electron chi connectivity index (χ0n) is 6.79. The van der Waals surface area contributed by atoms with Crippen molar-refractivity contribution >= 4 is 17.6 Å². The number of hydrogen-bond donors (Lipinski definition) is 0. The number of anilines is 1. The molecule has 0 N–H and O–H groups in total. The number of fused-ring (bicyclic) bond motifs is 1. The van der Waals surface area contributed by atoms with Crippen LogP contribution in [0.2, 0.25) is 0 Å². The summed E-state index contributed by atoms with van der Waals surface area (Å²) in [4.78, 5) is 6.13. The maximum Gasteiger partial charge on any atom is 0.125 e. The van der Waals surface area contributed by atoms with E-state index in [9.17, 15) is 4.39 Å². The molecule has 3 heteroatoms. The largest absolute Gasteiger partial charge is 0.368 e. The third-order valence-corrected chi connectivity index (χ3v) is 1.93. The van der Waals surface area contributed by atoms with Gasteiger partial charge in [-0.3, -0.25) is 4.99 Å². The molecule has 0 atom stereocenters. The molecule has 0 saturated heterocycles. The van der Waals surface area contributed by atoms with Crippen LogP contribution in [0.3, 0.4) is 0 Å². The summed E-state index contributed by atoms with van der Waals surface area (Å²) in [5.74, 6) is -0.235. The highest BCUT2D eigenvalue weighted by Crippen LogP contribution is 2.30. The van der Waals surface area contributed by atoms with Crippen LogP contribution in [0.1, 0.15) is 0 Å². The van der Waals surface area contributed by atoms with Crippen molar-refractivity contribution in [2.45, 2.75) is 0 Å². The van der Waals surface area contributed by atoms with Crippen LogP contribution in [0, 0.1) is 5.82 Å². The molecule has 0 unspecified atom stereocenters. The Morgan fingerprint density at radius 1 is 1.50 bits per heavy atom. The van der Waals surface area contributed by atoms with Crippen molar-refractivity contribution in [3.63, 3.8) is 0 Å². The average molecular weight is 164 g/mol. The summed E-state index contributed by atoms with van der Waals surface area (Å²) >= 11 is 0. The highest BCUT2D eigenvalue weighted by Gasteiger charge is 2.09. The van der Waals surface area contributed by atoms with Crippen LogP contribution in [0.15, 0.2) is 23.2 Å². The topological polar surface area (TPSA) is 15.6 Å². The molecule has 0 saturated carbocycles. The minimum atomic E-state index is -0.235. The van der Waals surface area contributed by atoms with E-state index in [4.69, 9.17) is 0 Å². The summed E-state index contributed by atoms with van der Waals surface area (Å²) in [7, 11) is 1.96. The third-order valence-electron chi connectivity index (χ3n) is 1.93. The first-order chi connectivity index (χ1) is 5.77. The number of halogens is 1.